The van der Waals surface area contributed by atoms with Crippen molar-refractivity contribution in [2.24, 2.45) is 0 Å². The zero-order valence-corrected chi connectivity index (χ0v) is 8.98. The summed E-state index contributed by atoms with van der Waals surface area (Å²) in [4.78, 5) is 0. The Bertz CT molecular complexity index is 248. The van der Waals surface area contributed by atoms with Gasteiger partial charge in [0.1, 0.15) is 12.4 Å². The van der Waals surface area contributed by atoms with Gasteiger partial charge in [-0.25, -0.2) is 0 Å². The predicted molar refractivity (Wildman–Crippen MR) is 56.3 cm³/mol. The lowest BCUT2D eigenvalue weighted by atomic mass is 10.3. The van der Waals surface area contributed by atoms with E-state index in [1.807, 2.05) is 24.3 Å². The largest absolute Gasteiger partial charge is 0.491 e. The standard InChI is InChI=1S/C9H11IO2/c1-7(11)6-12-9-4-2-3-8(10)5-9/h2-5,7,11H,6H2,1H3/t7-/m1/s1. The van der Waals surface area contributed by atoms with Crippen LogP contribution in [0.5, 0.6) is 5.75 Å². The van der Waals surface area contributed by atoms with E-state index in [2.05, 4.69) is 22.6 Å². The maximum atomic E-state index is 8.96. The van der Waals surface area contributed by atoms with Gasteiger partial charge in [-0.15, -0.1) is 0 Å². The van der Waals surface area contributed by atoms with Crippen LogP contribution in [0.4, 0.5) is 0 Å². The van der Waals surface area contributed by atoms with Crippen LogP contribution in [0, 0.1) is 3.57 Å². The molecule has 1 aromatic carbocycles. The summed E-state index contributed by atoms with van der Waals surface area (Å²) in [6.45, 7) is 2.05. The highest BCUT2D eigenvalue weighted by Crippen LogP contribution is 2.14. The molecule has 0 radical (unpaired) electrons. The lowest BCUT2D eigenvalue weighted by molar-refractivity contribution is 0.122. The SMILES string of the molecule is C[C@@H](O)COc1cccc(I)c1. The molecule has 1 rings (SSSR count). The van der Waals surface area contributed by atoms with Crippen LogP contribution >= 0.6 is 22.6 Å². The molecule has 0 saturated heterocycles. The minimum Gasteiger partial charge on any atom is -0.491 e. The van der Waals surface area contributed by atoms with Crippen molar-refractivity contribution >= 4 is 22.6 Å². The molecule has 0 bridgehead atoms. The van der Waals surface area contributed by atoms with Gasteiger partial charge in [-0.1, -0.05) is 6.07 Å². The Labute approximate surface area is 85.7 Å². The normalized spacial score (nSPS) is 12.6. The molecule has 0 unspecified atom stereocenters. The molecule has 0 heterocycles. The van der Waals surface area contributed by atoms with Crippen LogP contribution in [0.25, 0.3) is 0 Å². The summed E-state index contributed by atoms with van der Waals surface area (Å²) >= 11 is 2.22. The smallest absolute Gasteiger partial charge is 0.120 e. The second-order valence-corrected chi connectivity index (χ2v) is 3.86. The van der Waals surface area contributed by atoms with Crippen molar-refractivity contribution in [3.8, 4) is 5.75 Å². The first-order valence-corrected chi connectivity index (χ1v) is 4.83. The number of aliphatic hydroxyl groups is 1. The summed E-state index contributed by atoms with van der Waals surface area (Å²) in [5.41, 5.74) is 0. The maximum absolute atomic E-state index is 8.96. The van der Waals surface area contributed by atoms with E-state index in [9.17, 15) is 0 Å². The Morgan fingerprint density at radius 3 is 2.92 bits per heavy atom. The van der Waals surface area contributed by atoms with Crippen molar-refractivity contribution in [3.05, 3.63) is 27.8 Å². The van der Waals surface area contributed by atoms with Gasteiger partial charge in [-0.3, -0.25) is 0 Å². The number of hydrogen-bond donors (Lipinski definition) is 1. The van der Waals surface area contributed by atoms with Crippen LogP contribution in [0.15, 0.2) is 24.3 Å². The molecule has 0 amide bonds. The molecule has 1 atom stereocenters. The van der Waals surface area contributed by atoms with Crippen LogP contribution in [-0.4, -0.2) is 17.8 Å². The summed E-state index contributed by atoms with van der Waals surface area (Å²) in [6, 6.07) is 7.74. The fraction of sp³-hybridized carbons (Fsp3) is 0.333. The second kappa shape index (κ2) is 4.67. The first-order chi connectivity index (χ1) is 5.68. The lowest BCUT2D eigenvalue weighted by Gasteiger charge is -2.07. The number of rotatable bonds is 3. The van der Waals surface area contributed by atoms with Crippen molar-refractivity contribution in [3.63, 3.8) is 0 Å². The summed E-state index contributed by atoms with van der Waals surface area (Å²) < 4.78 is 6.43. The first-order valence-electron chi connectivity index (χ1n) is 3.75. The molecule has 2 nitrogen and oxygen atoms in total. The first kappa shape index (κ1) is 9.80. The van der Waals surface area contributed by atoms with E-state index in [1.54, 1.807) is 6.92 Å². The van der Waals surface area contributed by atoms with E-state index in [-0.39, 0.29) is 0 Å². The van der Waals surface area contributed by atoms with Gasteiger partial charge < -0.3 is 9.84 Å². The molecular formula is C9H11IO2. The van der Waals surface area contributed by atoms with Gasteiger partial charge in [-0.05, 0) is 47.7 Å². The third-order valence-corrected chi connectivity index (χ3v) is 1.96. The van der Waals surface area contributed by atoms with Gasteiger partial charge in [0.2, 0.25) is 0 Å². The van der Waals surface area contributed by atoms with Gasteiger partial charge in [0, 0.05) is 3.57 Å². The number of benzene rings is 1. The topological polar surface area (TPSA) is 29.5 Å². The predicted octanol–water partition coefficient (Wildman–Crippen LogP) is 2.05. The molecule has 0 fully saturated rings. The molecule has 3 heteroatoms. The Hall–Kier alpha value is -0.290. The summed E-state index contributed by atoms with van der Waals surface area (Å²) in [6.07, 6.45) is -0.414. The van der Waals surface area contributed by atoms with Crippen molar-refractivity contribution in [1.82, 2.24) is 0 Å². The number of aliphatic hydroxyl groups excluding tert-OH is 1. The molecule has 1 N–H and O–H groups in total. The number of halogens is 1. The molecule has 0 aliphatic rings. The highest BCUT2D eigenvalue weighted by molar-refractivity contribution is 14.1. The third kappa shape index (κ3) is 3.40. The molecule has 0 spiro atoms. The average Bonchev–Trinajstić information content (AvgIpc) is 2.01. The zero-order chi connectivity index (χ0) is 8.97. The van der Waals surface area contributed by atoms with Gasteiger partial charge in [0.25, 0.3) is 0 Å². The van der Waals surface area contributed by atoms with Crippen molar-refractivity contribution in [2.45, 2.75) is 13.0 Å². The van der Waals surface area contributed by atoms with Crippen molar-refractivity contribution < 1.29 is 9.84 Å². The molecule has 66 valence electrons. The van der Waals surface area contributed by atoms with Crippen LogP contribution in [0.1, 0.15) is 6.92 Å². The molecule has 0 aromatic heterocycles. The van der Waals surface area contributed by atoms with E-state index in [0.717, 1.165) is 9.32 Å². The maximum Gasteiger partial charge on any atom is 0.120 e. The molecule has 12 heavy (non-hydrogen) atoms. The number of ether oxygens (including phenoxy) is 1. The minimum atomic E-state index is -0.414. The van der Waals surface area contributed by atoms with Gasteiger partial charge in [0.15, 0.2) is 0 Å². The Morgan fingerprint density at radius 2 is 2.33 bits per heavy atom. The van der Waals surface area contributed by atoms with Gasteiger partial charge >= 0.3 is 0 Å². The summed E-state index contributed by atoms with van der Waals surface area (Å²) in [5, 5.41) is 8.96. The van der Waals surface area contributed by atoms with E-state index >= 15 is 0 Å². The summed E-state index contributed by atoms with van der Waals surface area (Å²) in [5.74, 6) is 0.808. The van der Waals surface area contributed by atoms with Gasteiger partial charge in [-0.2, -0.15) is 0 Å². The number of hydrogen-bond acceptors (Lipinski definition) is 2. The molecule has 0 saturated carbocycles. The minimum absolute atomic E-state index is 0.347. The van der Waals surface area contributed by atoms with E-state index in [0.29, 0.717) is 6.61 Å². The fourth-order valence-corrected chi connectivity index (χ4v) is 1.29. The van der Waals surface area contributed by atoms with E-state index in [4.69, 9.17) is 9.84 Å². The average molecular weight is 278 g/mol. The van der Waals surface area contributed by atoms with Crippen molar-refractivity contribution in [1.29, 1.82) is 0 Å². The third-order valence-electron chi connectivity index (χ3n) is 1.29. The van der Waals surface area contributed by atoms with Crippen molar-refractivity contribution in [2.75, 3.05) is 6.61 Å². The Kier molecular flexibility index (Phi) is 3.81. The second-order valence-electron chi connectivity index (χ2n) is 2.62. The van der Waals surface area contributed by atoms with Gasteiger partial charge in [0.05, 0.1) is 6.10 Å². The Morgan fingerprint density at radius 1 is 1.58 bits per heavy atom. The highest BCUT2D eigenvalue weighted by atomic mass is 127. The molecular weight excluding hydrogens is 267 g/mol. The fourth-order valence-electron chi connectivity index (χ4n) is 0.774. The summed E-state index contributed by atoms with van der Waals surface area (Å²) in [7, 11) is 0. The molecule has 0 aliphatic heterocycles. The van der Waals surface area contributed by atoms with Crippen LogP contribution < -0.4 is 4.74 Å². The highest BCUT2D eigenvalue weighted by Gasteiger charge is 1.97. The zero-order valence-electron chi connectivity index (χ0n) is 6.83. The Balaban J connectivity index is 2.52. The van der Waals surface area contributed by atoms with Crippen LogP contribution in [-0.2, 0) is 0 Å². The van der Waals surface area contributed by atoms with E-state index in [1.165, 1.54) is 0 Å². The lowest BCUT2D eigenvalue weighted by Crippen LogP contribution is -2.12. The monoisotopic (exact) mass is 278 g/mol. The van der Waals surface area contributed by atoms with Crippen LogP contribution in [0.2, 0.25) is 0 Å². The van der Waals surface area contributed by atoms with Crippen LogP contribution in [0.3, 0.4) is 0 Å². The molecule has 0 aliphatic carbocycles. The quantitative estimate of drug-likeness (QED) is 0.857. The molecule has 1 aromatic rings. The van der Waals surface area contributed by atoms with E-state index < -0.39 is 6.10 Å².